The molecule has 1 heterocycles. The minimum absolute atomic E-state index is 0.399. The van der Waals surface area contributed by atoms with Gasteiger partial charge in [-0.1, -0.05) is 35.9 Å². The van der Waals surface area contributed by atoms with Crippen molar-refractivity contribution < 1.29 is 4.74 Å². The normalized spacial score (nSPS) is 14.6. The minimum atomic E-state index is 0.399. The van der Waals surface area contributed by atoms with Gasteiger partial charge in [0.15, 0.2) is 5.82 Å². The van der Waals surface area contributed by atoms with Gasteiger partial charge >= 0.3 is 0 Å². The zero-order chi connectivity index (χ0) is 14.1. The monoisotopic (exact) mass is 352 g/mol. The Morgan fingerprint density at radius 2 is 1.95 bits per heavy atom. The van der Waals surface area contributed by atoms with Crippen LogP contribution in [0.2, 0.25) is 5.15 Å². The van der Waals surface area contributed by atoms with E-state index in [9.17, 15) is 0 Å². The molecule has 0 spiro atoms. The first-order chi connectivity index (χ1) is 9.69. The SMILES string of the molecule is COCc1nc(-c2ccc(C3CC3)cc2)nc(Cl)c1Br. The van der Waals surface area contributed by atoms with Gasteiger partial charge in [0.25, 0.3) is 0 Å². The second kappa shape index (κ2) is 5.80. The molecule has 1 aromatic carbocycles. The van der Waals surface area contributed by atoms with Gasteiger partial charge in [0.1, 0.15) is 5.15 Å². The van der Waals surface area contributed by atoms with Crippen LogP contribution < -0.4 is 0 Å². The van der Waals surface area contributed by atoms with Crippen molar-refractivity contribution in [1.29, 1.82) is 0 Å². The molecule has 3 rings (SSSR count). The quantitative estimate of drug-likeness (QED) is 0.754. The smallest absolute Gasteiger partial charge is 0.161 e. The van der Waals surface area contributed by atoms with Gasteiger partial charge in [-0.15, -0.1) is 0 Å². The lowest BCUT2D eigenvalue weighted by molar-refractivity contribution is 0.181. The number of rotatable bonds is 4. The van der Waals surface area contributed by atoms with E-state index in [4.69, 9.17) is 16.3 Å². The third-order valence-corrected chi connectivity index (χ3v) is 4.71. The van der Waals surface area contributed by atoms with E-state index in [0.717, 1.165) is 17.2 Å². The molecule has 0 aliphatic heterocycles. The van der Waals surface area contributed by atoms with Crippen LogP contribution in [0.15, 0.2) is 28.7 Å². The molecule has 1 aliphatic carbocycles. The fourth-order valence-corrected chi connectivity index (χ4v) is 2.63. The van der Waals surface area contributed by atoms with Gasteiger partial charge in [-0.25, -0.2) is 9.97 Å². The van der Waals surface area contributed by atoms with E-state index >= 15 is 0 Å². The number of benzene rings is 1. The van der Waals surface area contributed by atoms with E-state index in [1.165, 1.54) is 18.4 Å². The van der Waals surface area contributed by atoms with Crippen LogP contribution in [0.25, 0.3) is 11.4 Å². The van der Waals surface area contributed by atoms with Gasteiger partial charge < -0.3 is 4.74 Å². The van der Waals surface area contributed by atoms with Crippen LogP contribution in [0, 0.1) is 0 Å². The first-order valence-electron chi connectivity index (χ1n) is 6.50. The third kappa shape index (κ3) is 2.87. The number of methoxy groups -OCH3 is 1. The van der Waals surface area contributed by atoms with Crippen molar-refractivity contribution in [3.63, 3.8) is 0 Å². The summed E-state index contributed by atoms with van der Waals surface area (Å²) in [7, 11) is 1.63. The summed E-state index contributed by atoms with van der Waals surface area (Å²) >= 11 is 9.53. The zero-order valence-corrected chi connectivity index (χ0v) is 13.4. The number of ether oxygens (including phenoxy) is 1. The summed E-state index contributed by atoms with van der Waals surface area (Å²) in [5.41, 5.74) is 3.13. The first-order valence-corrected chi connectivity index (χ1v) is 7.67. The minimum Gasteiger partial charge on any atom is -0.378 e. The third-order valence-electron chi connectivity index (χ3n) is 3.38. The maximum atomic E-state index is 6.14. The molecule has 1 fully saturated rings. The molecule has 20 heavy (non-hydrogen) atoms. The second-order valence-electron chi connectivity index (χ2n) is 4.93. The van der Waals surface area contributed by atoms with Crippen LogP contribution in [0.3, 0.4) is 0 Å². The molecule has 5 heteroatoms. The molecule has 0 radical (unpaired) electrons. The van der Waals surface area contributed by atoms with Gasteiger partial charge in [-0.2, -0.15) is 0 Å². The van der Waals surface area contributed by atoms with Crippen LogP contribution in [-0.2, 0) is 11.3 Å². The summed E-state index contributed by atoms with van der Waals surface area (Å²) in [6.45, 7) is 0.399. The molecule has 1 saturated carbocycles. The van der Waals surface area contributed by atoms with Crippen molar-refractivity contribution in [1.82, 2.24) is 9.97 Å². The van der Waals surface area contributed by atoms with Crippen molar-refractivity contribution in [3.05, 3.63) is 45.1 Å². The lowest BCUT2D eigenvalue weighted by atomic mass is 10.1. The Morgan fingerprint density at radius 3 is 2.55 bits per heavy atom. The Morgan fingerprint density at radius 1 is 1.25 bits per heavy atom. The molecule has 3 nitrogen and oxygen atoms in total. The predicted molar refractivity (Wildman–Crippen MR) is 82.9 cm³/mol. The molecule has 1 aliphatic rings. The Labute approximate surface area is 131 Å². The van der Waals surface area contributed by atoms with Crippen molar-refractivity contribution in [2.45, 2.75) is 25.4 Å². The second-order valence-corrected chi connectivity index (χ2v) is 6.08. The molecular weight excluding hydrogens is 340 g/mol. The maximum Gasteiger partial charge on any atom is 0.161 e. The van der Waals surface area contributed by atoms with Crippen molar-refractivity contribution in [2.24, 2.45) is 0 Å². The van der Waals surface area contributed by atoms with Gasteiger partial charge in [0.2, 0.25) is 0 Å². The molecule has 0 amide bonds. The summed E-state index contributed by atoms with van der Waals surface area (Å²) in [6.07, 6.45) is 2.61. The average Bonchev–Trinajstić information content (AvgIpc) is 3.29. The topological polar surface area (TPSA) is 35.0 Å². The van der Waals surface area contributed by atoms with Crippen molar-refractivity contribution in [2.75, 3.05) is 7.11 Å². The van der Waals surface area contributed by atoms with E-state index < -0.39 is 0 Å². The standard InChI is InChI=1S/C15H14BrClN2O/c1-20-8-12-13(16)14(17)19-15(18-12)11-6-4-10(5-7-11)9-2-3-9/h4-7,9H,2-3,8H2,1H3. The van der Waals surface area contributed by atoms with E-state index in [2.05, 4.69) is 50.2 Å². The molecule has 0 unspecified atom stereocenters. The highest BCUT2D eigenvalue weighted by molar-refractivity contribution is 9.10. The largest absolute Gasteiger partial charge is 0.378 e. The summed E-state index contributed by atoms with van der Waals surface area (Å²) in [5, 5.41) is 0.410. The Kier molecular flexibility index (Phi) is 4.06. The first kappa shape index (κ1) is 14.0. The van der Waals surface area contributed by atoms with Crippen molar-refractivity contribution >= 4 is 27.5 Å². The fraction of sp³-hybridized carbons (Fsp3) is 0.333. The van der Waals surface area contributed by atoms with Gasteiger partial charge in [0.05, 0.1) is 16.8 Å². The Balaban J connectivity index is 1.95. The van der Waals surface area contributed by atoms with Gasteiger partial charge in [-0.3, -0.25) is 0 Å². The molecule has 0 atom stereocenters. The lowest BCUT2D eigenvalue weighted by Crippen LogP contribution is -2.00. The molecule has 0 bridgehead atoms. The number of hydrogen-bond donors (Lipinski definition) is 0. The zero-order valence-electron chi connectivity index (χ0n) is 11.1. The summed E-state index contributed by atoms with van der Waals surface area (Å²) in [5.74, 6) is 1.38. The van der Waals surface area contributed by atoms with Gasteiger partial charge in [0, 0.05) is 12.7 Å². The van der Waals surface area contributed by atoms with E-state index in [1.807, 2.05) is 0 Å². The van der Waals surface area contributed by atoms with E-state index in [1.54, 1.807) is 7.11 Å². The highest BCUT2D eigenvalue weighted by Crippen LogP contribution is 2.40. The molecular formula is C15H14BrClN2O. The highest BCUT2D eigenvalue weighted by atomic mass is 79.9. The van der Waals surface area contributed by atoms with Crippen LogP contribution in [-0.4, -0.2) is 17.1 Å². The van der Waals surface area contributed by atoms with Crippen molar-refractivity contribution in [3.8, 4) is 11.4 Å². The number of nitrogens with zero attached hydrogens (tertiary/aromatic N) is 2. The van der Waals surface area contributed by atoms with Gasteiger partial charge in [-0.05, 0) is 40.3 Å². The summed E-state index contributed by atoms with van der Waals surface area (Å²) in [6, 6.07) is 8.43. The maximum absolute atomic E-state index is 6.14. The van der Waals surface area contributed by atoms with E-state index in [0.29, 0.717) is 22.1 Å². The van der Waals surface area contributed by atoms with E-state index in [-0.39, 0.29) is 0 Å². The average molecular weight is 354 g/mol. The van der Waals surface area contributed by atoms with Crippen LogP contribution in [0.1, 0.15) is 30.0 Å². The highest BCUT2D eigenvalue weighted by Gasteiger charge is 2.23. The molecule has 104 valence electrons. The Bertz CT molecular complexity index is 627. The molecule has 0 saturated heterocycles. The van der Waals surface area contributed by atoms with Crippen LogP contribution in [0.5, 0.6) is 0 Å². The number of hydrogen-bond acceptors (Lipinski definition) is 3. The fourth-order valence-electron chi connectivity index (χ4n) is 2.15. The Hall–Kier alpha value is -0.970. The molecule has 2 aromatic rings. The van der Waals surface area contributed by atoms with Crippen LogP contribution in [0.4, 0.5) is 0 Å². The summed E-state index contributed by atoms with van der Waals surface area (Å²) < 4.78 is 5.83. The lowest BCUT2D eigenvalue weighted by Gasteiger charge is -2.08. The molecule has 1 aromatic heterocycles. The summed E-state index contributed by atoms with van der Waals surface area (Å²) in [4.78, 5) is 8.84. The number of halogens is 2. The number of aromatic nitrogens is 2. The molecule has 0 N–H and O–H groups in total. The predicted octanol–water partition coefficient (Wildman–Crippen LogP) is 4.58. The van der Waals surface area contributed by atoms with Crippen LogP contribution >= 0.6 is 27.5 Å².